The fraction of sp³-hybridized carbons (Fsp3) is 0.148. The smallest absolute Gasteiger partial charge is 0.185 e. The number of ketones is 1. The van der Waals surface area contributed by atoms with Gasteiger partial charge in [0.05, 0.1) is 13.2 Å². The largest absolute Gasteiger partial charge is 0.494 e. The summed E-state index contributed by atoms with van der Waals surface area (Å²) in [5.41, 5.74) is 2.41. The Kier molecular flexibility index (Phi) is 8.18. The average Bonchev–Trinajstić information content (AvgIpc) is 2.81. The third kappa shape index (κ3) is 7.27. The molecule has 3 aromatic rings. The van der Waals surface area contributed by atoms with E-state index in [1.807, 2.05) is 48.5 Å². The van der Waals surface area contributed by atoms with Crippen molar-refractivity contribution in [1.82, 2.24) is 0 Å². The van der Waals surface area contributed by atoms with Crippen molar-refractivity contribution in [2.45, 2.75) is 12.8 Å². The molecule has 0 aromatic heterocycles. The Hall–Kier alpha value is -3.66. The number of carbonyl (C=O) groups is 1. The topological polar surface area (TPSA) is 35.5 Å². The lowest BCUT2D eigenvalue weighted by Gasteiger charge is -2.08. The molecule has 0 saturated carbocycles. The molecule has 0 unspecified atom stereocenters. The summed E-state index contributed by atoms with van der Waals surface area (Å²) in [7, 11) is 0. The summed E-state index contributed by atoms with van der Waals surface area (Å²) in [4.78, 5) is 12.1. The van der Waals surface area contributed by atoms with E-state index in [4.69, 9.17) is 9.47 Å². The van der Waals surface area contributed by atoms with Crippen molar-refractivity contribution in [3.05, 3.63) is 108 Å². The Labute approximate surface area is 182 Å². The quantitative estimate of drug-likeness (QED) is 0.201. The van der Waals surface area contributed by atoms with Crippen molar-refractivity contribution in [2.75, 3.05) is 13.2 Å². The number of unbranched alkanes of at least 4 members (excludes halogenated alkanes) is 1. The van der Waals surface area contributed by atoms with Crippen LogP contribution in [0.25, 0.3) is 12.2 Å². The summed E-state index contributed by atoms with van der Waals surface area (Å²) in [6.07, 6.45) is 6.80. The van der Waals surface area contributed by atoms with Crippen LogP contribution in [0.2, 0.25) is 0 Å². The minimum Gasteiger partial charge on any atom is -0.494 e. The van der Waals surface area contributed by atoms with Crippen LogP contribution in [-0.2, 0) is 0 Å². The van der Waals surface area contributed by atoms with E-state index in [2.05, 4.69) is 6.58 Å². The summed E-state index contributed by atoms with van der Waals surface area (Å²) in [5.74, 6) is 1.11. The van der Waals surface area contributed by atoms with E-state index in [0.717, 1.165) is 35.5 Å². The predicted molar refractivity (Wildman–Crippen MR) is 123 cm³/mol. The maximum Gasteiger partial charge on any atom is 0.185 e. The van der Waals surface area contributed by atoms with Crippen molar-refractivity contribution >= 4 is 17.9 Å². The van der Waals surface area contributed by atoms with E-state index in [1.54, 1.807) is 12.2 Å². The molecule has 3 nitrogen and oxygen atoms in total. The van der Waals surface area contributed by atoms with Crippen molar-refractivity contribution in [2.24, 2.45) is 0 Å². The number of allylic oxidation sites excluding steroid dienone is 1. The first-order valence-corrected chi connectivity index (χ1v) is 10.2. The number of carbonyl (C=O) groups excluding carboxylic acids is 1. The highest BCUT2D eigenvalue weighted by Crippen LogP contribution is 2.15. The number of hydrogen-bond acceptors (Lipinski definition) is 3. The molecule has 0 radical (unpaired) electrons. The number of benzene rings is 3. The molecule has 0 spiro atoms. The molecule has 4 heteroatoms. The summed E-state index contributed by atoms with van der Waals surface area (Å²) in [5, 5.41) is 0. The molecule has 0 aliphatic heterocycles. The number of hydrogen-bond donors (Lipinski definition) is 0. The standard InChI is InChI=1S/C27H25FO3/c1-2-21-5-14-25(15-6-21)30-19-3-4-20-31-26-16-7-22(8-17-26)9-18-27(29)23-10-12-24(28)13-11-23/h2,5-18H,1,3-4,19-20H2/b18-9+. The molecule has 0 aliphatic rings. The SMILES string of the molecule is C=Cc1ccc(OCCCCOc2ccc(/C=C/C(=O)c3ccc(F)cc3)cc2)cc1. The van der Waals surface area contributed by atoms with Gasteiger partial charge in [-0.1, -0.05) is 43.0 Å². The summed E-state index contributed by atoms with van der Waals surface area (Å²) in [6.45, 7) is 4.98. The lowest BCUT2D eigenvalue weighted by molar-refractivity contribution is 0.104. The minimum atomic E-state index is -0.359. The van der Waals surface area contributed by atoms with Gasteiger partial charge in [0.2, 0.25) is 0 Å². The number of rotatable bonds is 11. The van der Waals surface area contributed by atoms with Gasteiger partial charge in [0.1, 0.15) is 17.3 Å². The van der Waals surface area contributed by atoms with E-state index in [1.165, 1.54) is 30.3 Å². The first-order chi connectivity index (χ1) is 15.1. The first-order valence-electron chi connectivity index (χ1n) is 10.2. The molecular formula is C27H25FO3. The van der Waals surface area contributed by atoms with Crippen LogP contribution in [0.5, 0.6) is 11.5 Å². The van der Waals surface area contributed by atoms with Crippen molar-refractivity contribution in [3.8, 4) is 11.5 Å². The monoisotopic (exact) mass is 416 g/mol. The fourth-order valence-electron chi connectivity index (χ4n) is 2.84. The Bertz CT molecular complexity index is 1000. The molecule has 0 bridgehead atoms. The normalized spacial score (nSPS) is 10.7. The molecule has 0 atom stereocenters. The van der Waals surface area contributed by atoms with Crippen LogP contribution in [0.15, 0.2) is 85.5 Å². The van der Waals surface area contributed by atoms with Crippen LogP contribution in [0.3, 0.4) is 0 Å². The van der Waals surface area contributed by atoms with Gasteiger partial charge in [-0.3, -0.25) is 4.79 Å². The van der Waals surface area contributed by atoms with Gasteiger partial charge in [-0.25, -0.2) is 4.39 Å². The minimum absolute atomic E-state index is 0.167. The highest BCUT2D eigenvalue weighted by Gasteiger charge is 2.02. The Balaban J connectivity index is 1.35. The molecule has 158 valence electrons. The lowest BCUT2D eigenvalue weighted by atomic mass is 10.1. The van der Waals surface area contributed by atoms with Gasteiger partial charge in [-0.05, 0) is 78.6 Å². The molecule has 0 aliphatic carbocycles. The highest BCUT2D eigenvalue weighted by molar-refractivity contribution is 6.06. The maximum atomic E-state index is 12.9. The van der Waals surface area contributed by atoms with Gasteiger partial charge in [-0.15, -0.1) is 0 Å². The van der Waals surface area contributed by atoms with Crippen LogP contribution >= 0.6 is 0 Å². The van der Waals surface area contributed by atoms with E-state index in [9.17, 15) is 9.18 Å². The van der Waals surface area contributed by atoms with E-state index in [-0.39, 0.29) is 11.6 Å². The van der Waals surface area contributed by atoms with Crippen molar-refractivity contribution in [3.63, 3.8) is 0 Å². The predicted octanol–water partition coefficient (Wildman–Crippen LogP) is 6.60. The van der Waals surface area contributed by atoms with E-state index in [0.29, 0.717) is 18.8 Å². The van der Waals surface area contributed by atoms with E-state index < -0.39 is 0 Å². The van der Waals surface area contributed by atoms with Crippen molar-refractivity contribution < 1.29 is 18.7 Å². The molecule has 3 aromatic carbocycles. The summed E-state index contributed by atoms with van der Waals surface area (Å²) < 4.78 is 24.4. The first kappa shape index (κ1) is 22.0. The van der Waals surface area contributed by atoms with Gasteiger partial charge in [0.15, 0.2) is 5.78 Å². The van der Waals surface area contributed by atoms with Gasteiger partial charge in [0.25, 0.3) is 0 Å². The molecule has 0 saturated heterocycles. The Morgan fingerprint density at radius 3 is 1.81 bits per heavy atom. The average molecular weight is 416 g/mol. The maximum absolute atomic E-state index is 12.9. The van der Waals surface area contributed by atoms with E-state index >= 15 is 0 Å². The number of halogens is 1. The fourth-order valence-corrected chi connectivity index (χ4v) is 2.84. The zero-order valence-electron chi connectivity index (χ0n) is 17.3. The second-order valence-corrected chi connectivity index (χ2v) is 6.95. The summed E-state index contributed by atoms with van der Waals surface area (Å²) in [6, 6.07) is 20.9. The Morgan fingerprint density at radius 1 is 0.774 bits per heavy atom. The van der Waals surface area contributed by atoms with Crippen LogP contribution in [0.1, 0.15) is 34.3 Å². The third-order valence-electron chi connectivity index (χ3n) is 4.63. The highest BCUT2D eigenvalue weighted by atomic mass is 19.1. The zero-order valence-corrected chi connectivity index (χ0v) is 17.3. The van der Waals surface area contributed by atoms with Crippen LogP contribution in [-0.4, -0.2) is 19.0 Å². The third-order valence-corrected chi connectivity index (χ3v) is 4.63. The molecule has 0 fully saturated rings. The molecule has 31 heavy (non-hydrogen) atoms. The molecule has 0 heterocycles. The molecular weight excluding hydrogens is 391 g/mol. The zero-order chi connectivity index (χ0) is 21.9. The summed E-state index contributed by atoms with van der Waals surface area (Å²) >= 11 is 0. The van der Waals surface area contributed by atoms with Crippen LogP contribution in [0.4, 0.5) is 4.39 Å². The van der Waals surface area contributed by atoms with Gasteiger partial charge in [-0.2, -0.15) is 0 Å². The Morgan fingerprint density at radius 2 is 1.29 bits per heavy atom. The van der Waals surface area contributed by atoms with Gasteiger partial charge < -0.3 is 9.47 Å². The second kappa shape index (κ2) is 11.5. The molecule has 0 N–H and O–H groups in total. The van der Waals surface area contributed by atoms with Crippen molar-refractivity contribution in [1.29, 1.82) is 0 Å². The molecule has 0 amide bonds. The second-order valence-electron chi connectivity index (χ2n) is 6.95. The number of ether oxygens (including phenoxy) is 2. The van der Waals surface area contributed by atoms with Crippen LogP contribution < -0.4 is 9.47 Å². The van der Waals surface area contributed by atoms with Gasteiger partial charge >= 0.3 is 0 Å². The van der Waals surface area contributed by atoms with Crippen LogP contribution in [0, 0.1) is 5.82 Å². The van der Waals surface area contributed by atoms with Gasteiger partial charge in [0, 0.05) is 5.56 Å². The molecule has 3 rings (SSSR count). The lowest BCUT2D eigenvalue weighted by Crippen LogP contribution is -2.02.